The second kappa shape index (κ2) is 9.98. The molecular formula is C24H35F3. The van der Waals surface area contributed by atoms with Crippen molar-refractivity contribution in [2.75, 3.05) is 0 Å². The Labute approximate surface area is 162 Å². The van der Waals surface area contributed by atoms with Crippen molar-refractivity contribution < 1.29 is 13.2 Å². The summed E-state index contributed by atoms with van der Waals surface area (Å²) in [7, 11) is 0. The number of alkyl halides is 1. The molecule has 3 heteroatoms. The molecule has 3 rings (SSSR count). The molecule has 0 atom stereocenters. The zero-order chi connectivity index (χ0) is 19.2. The van der Waals surface area contributed by atoms with Gasteiger partial charge in [0.2, 0.25) is 0 Å². The van der Waals surface area contributed by atoms with Crippen LogP contribution in [0.5, 0.6) is 0 Å². The van der Waals surface area contributed by atoms with Crippen molar-refractivity contribution in [3.63, 3.8) is 0 Å². The molecule has 0 radical (unpaired) electrons. The largest absolute Gasteiger partial charge is 0.246 e. The smallest absolute Gasteiger partial charge is 0.164 e. The number of hydrogen-bond acceptors (Lipinski definition) is 0. The first-order valence-corrected chi connectivity index (χ1v) is 11.2. The summed E-state index contributed by atoms with van der Waals surface area (Å²) in [5.74, 6) is 0.940. The van der Waals surface area contributed by atoms with Gasteiger partial charge in [0, 0.05) is 5.56 Å². The summed E-state index contributed by atoms with van der Waals surface area (Å²) in [6.07, 6.45) is 15.5. The highest BCUT2D eigenvalue weighted by Gasteiger charge is 2.31. The van der Waals surface area contributed by atoms with Crippen molar-refractivity contribution >= 4 is 0 Å². The lowest BCUT2D eigenvalue weighted by Gasteiger charge is -2.38. The topological polar surface area (TPSA) is 0 Å². The van der Waals surface area contributed by atoms with Gasteiger partial charge in [0.1, 0.15) is 6.67 Å². The van der Waals surface area contributed by atoms with Gasteiger partial charge in [-0.25, -0.2) is 13.2 Å². The quantitative estimate of drug-likeness (QED) is 0.419. The number of rotatable bonds is 7. The van der Waals surface area contributed by atoms with E-state index in [4.69, 9.17) is 0 Å². The van der Waals surface area contributed by atoms with Crippen LogP contribution >= 0.6 is 0 Å². The third kappa shape index (κ3) is 5.29. The van der Waals surface area contributed by atoms with Crippen molar-refractivity contribution in [3.05, 3.63) is 34.9 Å². The maximum Gasteiger partial charge on any atom is 0.164 e. The predicted molar refractivity (Wildman–Crippen MR) is 105 cm³/mol. The van der Waals surface area contributed by atoms with Crippen LogP contribution in [0.2, 0.25) is 0 Å². The van der Waals surface area contributed by atoms with Gasteiger partial charge in [-0.05, 0) is 79.9 Å². The van der Waals surface area contributed by atoms with E-state index in [1.165, 1.54) is 70.3 Å². The van der Waals surface area contributed by atoms with E-state index in [9.17, 15) is 13.2 Å². The third-order valence-corrected chi connectivity index (χ3v) is 7.29. The summed E-state index contributed by atoms with van der Waals surface area (Å²) >= 11 is 0. The number of benzene rings is 1. The third-order valence-electron chi connectivity index (χ3n) is 7.29. The maximum atomic E-state index is 13.8. The van der Waals surface area contributed by atoms with Gasteiger partial charge in [0.15, 0.2) is 11.6 Å². The Morgan fingerprint density at radius 3 is 2.07 bits per heavy atom. The Bertz CT molecular complexity index is 582. The number of unbranched alkanes of at least 4 members (excludes halogenated alkanes) is 2. The van der Waals surface area contributed by atoms with Gasteiger partial charge in [-0.2, -0.15) is 0 Å². The van der Waals surface area contributed by atoms with Crippen LogP contribution < -0.4 is 0 Å². The van der Waals surface area contributed by atoms with Gasteiger partial charge in [0.05, 0.1) is 0 Å². The second-order valence-electron chi connectivity index (χ2n) is 9.00. The molecule has 0 aliphatic heterocycles. The van der Waals surface area contributed by atoms with E-state index in [2.05, 4.69) is 6.92 Å². The average Bonchev–Trinajstić information content (AvgIpc) is 2.71. The van der Waals surface area contributed by atoms with Gasteiger partial charge in [0.25, 0.3) is 0 Å². The lowest BCUT2D eigenvalue weighted by atomic mass is 9.68. The molecule has 1 aromatic rings. The molecule has 2 aliphatic carbocycles. The SMILES string of the molecule is CCCCCC1CCC(C2CCC(c3cc(F)c(F)c(CF)c3)CC2)CC1. The van der Waals surface area contributed by atoms with Crippen LogP contribution in [0.4, 0.5) is 13.2 Å². The highest BCUT2D eigenvalue weighted by Crippen LogP contribution is 2.44. The first-order chi connectivity index (χ1) is 13.1. The summed E-state index contributed by atoms with van der Waals surface area (Å²) in [4.78, 5) is 0. The summed E-state index contributed by atoms with van der Waals surface area (Å²) in [6.45, 7) is 1.33. The Kier molecular flexibility index (Phi) is 7.66. The fourth-order valence-electron chi connectivity index (χ4n) is 5.56. The molecule has 0 bridgehead atoms. The highest BCUT2D eigenvalue weighted by atomic mass is 19.2. The van der Waals surface area contributed by atoms with E-state index in [1.807, 2.05) is 0 Å². The fourth-order valence-corrected chi connectivity index (χ4v) is 5.56. The van der Waals surface area contributed by atoms with E-state index in [0.717, 1.165) is 36.2 Å². The van der Waals surface area contributed by atoms with Crippen molar-refractivity contribution in [2.24, 2.45) is 17.8 Å². The molecule has 0 spiro atoms. The van der Waals surface area contributed by atoms with Crippen molar-refractivity contribution in [3.8, 4) is 0 Å². The monoisotopic (exact) mass is 380 g/mol. The van der Waals surface area contributed by atoms with Gasteiger partial charge in [-0.1, -0.05) is 45.4 Å². The van der Waals surface area contributed by atoms with Crippen LogP contribution in [0.1, 0.15) is 101 Å². The summed E-state index contributed by atoms with van der Waals surface area (Å²) in [5.41, 5.74) is 0.660. The number of hydrogen-bond donors (Lipinski definition) is 0. The Morgan fingerprint density at radius 2 is 1.48 bits per heavy atom. The fraction of sp³-hybridized carbons (Fsp3) is 0.750. The van der Waals surface area contributed by atoms with Crippen LogP contribution in [-0.4, -0.2) is 0 Å². The zero-order valence-corrected chi connectivity index (χ0v) is 16.8. The van der Waals surface area contributed by atoms with Crippen molar-refractivity contribution in [1.82, 2.24) is 0 Å². The van der Waals surface area contributed by atoms with Crippen LogP contribution in [0.25, 0.3) is 0 Å². The minimum Gasteiger partial charge on any atom is -0.246 e. The van der Waals surface area contributed by atoms with E-state index in [-0.39, 0.29) is 11.5 Å². The minimum atomic E-state index is -1.02. The standard InChI is InChI=1S/C24H35F3/c1-2-3-4-5-17-6-8-18(9-7-17)19-10-12-20(13-11-19)21-14-22(16-25)24(27)23(26)15-21/h14-15,17-20H,2-13,16H2,1H3. The summed E-state index contributed by atoms with van der Waals surface area (Å²) in [6, 6.07) is 2.84. The summed E-state index contributed by atoms with van der Waals surface area (Å²) < 4.78 is 40.3. The normalized spacial score (nSPS) is 29.0. The van der Waals surface area contributed by atoms with Crippen molar-refractivity contribution in [1.29, 1.82) is 0 Å². The summed E-state index contributed by atoms with van der Waals surface area (Å²) in [5, 5.41) is 0. The maximum absolute atomic E-state index is 13.8. The number of halogens is 3. The van der Waals surface area contributed by atoms with E-state index >= 15 is 0 Å². The van der Waals surface area contributed by atoms with Crippen LogP contribution in [-0.2, 0) is 6.67 Å². The zero-order valence-electron chi connectivity index (χ0n) is 16.8. The van der Waals surface area contributed by atoms with Crippen LogP contribution in [0.3, 0.4) is 0 Å². The van der Waals surface area contributed by atoms with Crippen LogP contribution in [0, 0.1) is 29.4 Å². The van der Waals surface area contributed by atoms with E-state index in [0.29, 0.717) is 0 Å². The first kappa shape index (κ1) is 20.7. The molecule has 1 aromatic carbocycles. The van der Waals surface area contributed by atoms with E-state index < -0.39 is 18.3 Å². The minimum absolute atomic E-state index is 0.131. The molecule has 0 N–H and O–H groups in total. The molecule has 0 amide bonds. The molecule has 2 saturated carbocycles. The molecule has 0 aromatic heterocycles. The van der Waals surface area contributed by atoms with E-state index in [1.54, 1.807) is 6.07 Å². The highest BCUT2D eigenvalue weighted by molar-refractivity contribution is 5.29. The molecule has 27 heavy (non-hydrogen) atoms. The molecule has 2 fully saturated rings. The molecule has 0 saturated heterocycles. The van der Waals surface area contributed by atoms with Gasteiger partial charge >= 0.3 is 0 Å². The van der Waals surface area contributed by atoms with Gasteiger partial charge in [-0.15, -0.1) is 0 Å². The molecular weight excluding hydrogens is 345 g/mol. The molecule has 0 unspecified atom stereocenters. The predicted octanol–water partition coefficient (Wildman–Crippen LogP) is 8.09. The Hall–Kier alpha value is -0.990. The van der Waals surface area contributed by atoms with Gasteiger partial charge < -0.3 is 0 Å². The molecule has 0 heterocycles. The lowest BCUT2D eigenvalue weighted by Crippen LogP contribution is -2.25. The van der Waals surface area contributed by atoms with Crippen LogP contribution in [0.15, 0.2) is 12.1 Å². The molecule has 152 valence electrons. The molecule has 0 nitrogen and oxygen atoms in total. The first-order valence-electron chi connectivity index (χ1n) is 11.2. The van der Waals surface area contributed by atoms with Gasteiger partial charge in [-0.3, -0.25) is 0 Å². The Morgan fingerprint density at radius 1 is 0.852 bits per heavy atom. The second-order valence-corrected chi connectivity index (χ2v) is 9.00. The van der Waals surface area contributed by atoms with Crippen molar-refractivity contribution in [2.45, 2.75) is 96.6 Å². The Balaban J connectivity index is 1.48. The lowest BCUT2D eigenvalue weighted by molar-refractivity contribution is 0.155. The molecule has 2 aliphatic rings. The average molecular weight is 381 g/mol.